The maximum atomic E-state index is 11.3. The molecular formula is C21H13ClO. The first-order valence-electron chi connectivity index (χ1n) is 7.19. The number of carbonyl (C=O) groups is 1. The molecule has 110 valence electrons. The first-order chi connectivity index (χ1) is 11.3. The Morgan fingerprint density at radius 1 is 0.739 bits per heavy atom. The third-order valence-electron chi connectivity index (χ3n) is 3.49. The minimum atomic E-state index is 0.660. The topological polar surface area (TPSA) is 17.1 Å². The lowest BCUT2D eigenvalue weighted by molar-refractivity contribution is 0.112. The first-order valence-corrected chi connectivity index (χ1v) is 7.57. The lowest BCUT2D eigenvalue weighted by Gasteiger charge is -2.07. The quantitative estimate of drug-likeness (QED) is 0.468. The number of hydrogen-bond acceptors (Lipinski definition) is 1. The Morgan fingerprint density at radius 3 is 2.13 bits per heavy atom. The highest BCUT2D eigenvalue weighted by Crippen LogP contribution is 2.25. The average Bonchev–Trinajstić information content (AvgIpc) is 2.61. The van der Waals surface area contributed by atoms with Gasteiger partial charge in [-0.05, 0) is 41.5 Å². The minimum absolute atomic E-state index is 0.660. The molecule has 23 heavy (non-hydrogen) atoms. The molecule has 0 aliphatic carbocycles. The van der Waals surface area contributed by atoms with Crippen molar-refractivity contribution < 1.29 is 4.79 Å². The zero-order chi connectivity index (χ0) is 16.1. The number of rotatable bonds is 2. The average molecular weight is 317 g/mol. The lowest BCUT2D eigenvalue weighted by atomic mass is 9.96. The van der Waals surface area contributed by atoms with Gasteiger partial charge in [0.15, 0.2) is 6.29 Å². The molecule has 0 fully saturated rings. The Hall–Kier alpha value is -2.82. The van der Waals surface area contributed by atoms with Crippen molar-refractivity contribution in [3.8, 4) is 23.0 Å². The van der Waals surface area contributed by atoms with Crippen molar-refractivity contribution in [3.63, 3.8) is 0 Å². The summed E-state index contributed by atoms with van der Waals surface area (Å²) in [5, 5.41) is 0.691. The third-order valence-corrected chi connectivity index (χ3v) is 3.74. The first kappa shape index (κ1) is 15.1. The van der Waals surface area contributed by atoms with Crippen LogP contribution < -0.4 is 0 Å². The highest BCUT2D eigenvalue weighted by molar-refractivity contribution is 6.30. The summed E-state index contributed by atoms with van der Waals surface area (Å²) < 4.78 is 0. The summed E-state index contributed by atoms with van der Waals surface area (Å²) in [5.41, 5.74) is 4.29. The van der Waals surface area contributed by atoms with Crippen LogP contribution in [0.4, 0.5) is 0 Å². The molecule has 3 rings (SSSR count). The molecule has 1 nitrogen and oxygen atoms in total. The van der Waals surface area contributed by atoms with E-state index in [2.05, 4.69) is 11.8 Å². The zero-order valence-electron chi connectivity index (χ0n) is 12.3. The highest BCUT2D eigenvalue weighted by Gasteiger charge is 2.06. The molecule has 0 unspecified atom stereocenters. The van der Waals surface area contributed by atoms with E-state index in [4.69, 9.17) is 11.6 Å². The number of benzene rings is 3. The molecule has 0 radical (unpaired) electrons. The van der Waals surface area contributed by atoms with E-state index in [1.54, 1.807) is 0 Å². The van der Waals surface area contributed by atoms with E-state index in [9.17, 15) is 4.79 Å². The maximum absolute atomic E-state index is 11.3. The number of carbonyl (C=O) groups excluding carboxylic acids is 1. The van der Waals surface area contributed by atoms with E-state index in [-0.39, 0.29) is 0 Å². The molecule has 0 spiro atoms. The summed E-state index contributed by atoms with van der Waals surface area (Å²) >= 11 is 5.89. The second kappa shape index (κ2) is 6.96. The monoisotopic (exact) mass is 316 g/mol. The molecule has 3 aromatic carbocycles. The van der Waals surface area contributed by atoms with Gasteiger partial charge in [-0.25, -0.2) is 0 Å². The van der Waals surface area contributed by atoms with Crippen LogP contribution in [0.3, 0.4) is 0 Å². The lowest BCUT2D eigenvalue weighted by Crippen LogP contribution is -1.90. The van der Waals surface area contributed by atoms with Crippen LogP contribution in [-0.2, 0) is 0 Å². The van der Waals surface area contributed by atoms with Crippen molar-refractivity contribution >= 4 is 17.9 Å². The van der Waals surface area contributed by atoms with Crippen molar-refractivity contribution in [1.29, 1.82) is 0 Å². The van der Waals surface area contributed by atoms with Gasteiger partial charge in [-0.1, -0.05) is 65.9 Å². The summed E-state index contributed by atoms with van der Waals surface area (Å²) in [6, 6.07) is 22.8. The summed E-state index contributed by atoms with van der Waals surface area (Å²) in [6.45, 7) is 0. The fraction of sp³-hybridized carbons (Fsp3) is 0. The molecule has 0 bridgehead atoms. The largest absolute Gasteiger partial charge is 0.298 e. The van der Waals surface area contributed by atoms with Crippen molar-refractivity contribution in [1.82, 2.24) is 0 Å². The predicted molar refractivity (Wildman–Crippen MR) is 94.7 cm³/mol. The van der Waals surface area contributed by atoms with E-state index >= 15 is 0 Å². The fourth-order valence-electron chi connectivity index (χ4n) is 2.34. The van der Waals surface area contributed by atoms with Crippen LogP contribution in [0.1, 0.15) is 21.5 Å². The molecule has 0 saturated heterocycles. The molecule has 0 aliphatic heterocycles. The zero-order valence-corrected chi connectivity index (χ0v) is 13.0. The van der Waals surface area contributed by atoms with Crippen molar-refractivity contribution in [2.75, 3.05) is 0 Å². The molecule has 0 amide bonds. The van der Waals surface area contributed by atoms with Gasteiger partial charge in [0, 0.05) is 21.7 Å². The van der Waals surface area contributed by atoms with Crippen LogP contribution in [-0.4, -0.2) is 6.29 Å². The second-order valence-electron chi connectivity index (χ2n) is 5.01. The molecular weight excluding hydrogens is 304 g/mol. The van der Waals surface area contributed by atoms with Gasteiger partial charge >= 0.3 is 0 Å². The van der Waals surface area contributed by atoms with E-state index in [1.165, 1.54) is 0 Å². The van der Waals surface area contributed by atoms with Crippen LogP contribution in [0.5, 0.6) is 0 Å². The summed E-state index contributed by atoms with van der Waals surface area (Å²) in [5.74, 6) is 6.33. The van der Waals surface area contributed by atoms with Crippen molar-refractivity contribution in [2.45, 2.75) is 0 Å². The Balaban J connectivity index is 2.05. The Labute approximate surface area is 140 Å². The standard InChI is InChI=1S/C21H13ClO/c22-19-13-10-16(11-14-19)9-12-17-5-1-3-7-20(17)21-8-4-2-6-18(21)15-23/h1-8,10-11,13-15H. The van der Waals surface area contributed by atoms with Crippen LogP contribution >= 0.6 is 11.6 Å². The van der Waals surface area contributed by atoms with Gasteiger partial charge in [0.1, 0.15) is 0 Å². The number of halogens is 1. The van der Waals surface area contributed by atoms with E-state index in [0.717, 1.165) is 28.5 Å². The van der Waals surface area contributed by atoms with Gasteiger partial charge in [-0.2, -0.15) is 0 Å². The van der Waals surface area contributed by atoms with Crippen LogP contribution in [0, 0.1) is 11.8 Å². The SMILES string of the molecule is O=Cc1ccccc1-c1ccccc1C#Cc1ccc(Cl)cc1. The van der Waals surface area contributed by atoms with Gasteiger partial charge < -0.3 is 0 Å². The molecule has 3 aromatic rings. The van der Waals surface area contributed by atoms with Gasteiger partial charge in [0.05, 0.1) is 0 Å². The predicted octanol–water partition coefficient (Wildman–Crippen LogP) is 5.22. The molecule has 0 aromatic heterocycles. The highest BCUT2D eigenvalue weighted by atomic mass is 35.5. The Kier molecular flexibility index (Phi) is 4.57. The summed E-state index contributed by atoms with van der Waals surface area (Å²) in [6.07, 6.45) is 0.874. The van der Waals surface area contributed by atoms with Crippen LogP contribution in [0.25, 0.3) is 11.1 Å². The normalized spacial score (nSPS) is 9.78. The summed E-state index contributed by atoms with van der Waals surface area (Å²) in [4.78, 5) is 11.3. The van der Waals surface area contributed by atoms with Gasteiger partial charge in [-0.3, -0.25) is 4.79 Å². The van der Waals surface area contributed by atoms with E-state index in [0.29, 0.717) is 10.6 Å². The third kappa shape index (κ3) is 3.51. The van der Waals surface area contributed by atoms with E-state index < -0.39 is 0 Å². The fourth-order valence-corrected chi connectivity index (χ4v) is 2.47. The molecule has 0 heterocycles. The second-order valence-corrected chi connectivity index (χ2v) is 5.44. The molecule has 0 atom stereocenters. The van der Waals surface area contributed by atoms with Gasteiger partial charge in [0.25, 0.3) is 0 Å². The number of aldehydes is 1. The smallest absolute Gasteiger partial charge is 0.150 e. The van der Waals surface area contributed by atoms with Crippen molar-refractivity contribution in [3.05, 3.63) is 94.5 Å². The van der Waals surface area contributed by atoms with Crippen molar-refractivity contribution in [2.24, 2.45) is 0 Å². The molecule has 0 N–H and O–H groups in total. The Bertz CT molecular complexity index is 899. The Morgan fingerprint density at radius 2 is 1.39 bits per heavy atom. The maximum Gasteiger partial charge on any atom is 0.150 e. The molecule has 2 heteroatoms. The molecule has 0 aliphatic rings. The van der Waals surface area contributed by atoms with Crippen LogP contribution in [0.2, 0.25) is 5.02 Å². The van der Waals surface area contributed by atoms with Gasteiger partial charge in [-0.15, -0.1) is 0 Å². The minimum Gasteiger partial charge on any atom is -0.298 e. The van der Waals surface area contributed by atoms with E-state index in [1.807, 2.05) is 72.8 Å². The number of hydrogen-bond donors (Lipinski definition) is 0. The van der Waals surface area contributed by atoms with Gasteiger partial charge in [0.2, 0.25) is 0 Å². The summed E-state index contributed by atoms with van der Waals surface area (Å²) in [7, 11) is 0. The van der Waals surface area contributed by atoms with Crippen LogP contribution in [0.15, 0.2) is 72.8 Å². The molecule has 0 saturated carbocycles.